The van der Waals surface area contributed by atoms with Gasteiger partial charge in [-0.1, -0.05) is 135 Å². The molecule has 23 heteroatoms. The average Bonchev–Trinajstić information content (AvgIpc) is 4.46. The smallest absolute Gasteiger partial charge is 0.109 e. The summed E-state index contributed by atoms with van der Waals surface area (Å²) < 4.78 is 78.4. The molecule has 4 aromatic carbocycles. The molecule has 15 atom stereocenters. The molecule has 4 N–H and O–H groups in total. The topological polar surface area (TPSA) is 210 Å². The summed E-state index contributed by atoms with van der Waals surface area (Å²) in [7, 11) is 0. The van der Waals surface area contributed by atoms with Crippen LogP contribution in [0.4, 0.5) is 0 Å². The summed E-state index contributed by atoms with van der Waals surface area (Å²) in [5.74, 6) is 0. The van der Waals surface area contributed by atoms with Crippen LogP contribution in [0.2, 0.25) is 0 Å². The van der Waals surface area contributed by atoms with Crippen molar-refractivity contribution in [1.29, 1.82) is 0 Å². The van der Waals surface area contributed by atoms with Crippen LogP contribution >= 0.6 is 0 Å². The molecule has 0 aromatic heterocycles. The Kier molecular flexibility index (Phi) is 32.1. The maximum absolute atomic E-state index is 9.41. The molecule has 446 valence electrons. The predicted molar refractivity (Wildman–Crippen MR) is 277 cm³/mol. The average molecular weight is 2270 g/mol. The van der Waals surface area contributed by atoms with Crippen LogP contribution in [0.3, 0.4) is 0 Å². The first-order valence-corrected chi connectivity index (χ1v) is 26.9. The molecular formula is C60H73O18U5-5. The van der Waals surface area contributed by atoms with Gasteiger partial charge in [-0.05, 0) is 65.6 Å². The van der Waals surface area contributed by atoms with Gasteiger partial charge < -0.3 is 86.7 Å². The number of fused-ring (bicyclic) bond motifs is 10. The first kappa shape index (κ1) is 75.1. The van der Waals surface area contributed by atoms with Gasteiger partial charge in [-0.15, -0.1) is 0 Å². The molecule has 4 aromatic rings. The zero-order valence-electron chi connectivity index (χ0n) is 46.6. The summed E-state index contributed by atoms with van der Waals surface area (Å²) in [5, 5.41) is 37.0. The molecule has 5 unspecified atom stereocenters. The van der Waals surface area contributed by atoms with Gasteiger partial charge in [0.25, 0.3) is 0 Å². The van der Waals surface area contributed by atoms with E-state index in [2.05, 4.69) is 38.1 Å². The van der Waals surface area contributed by atoms with Gasteiger partial charge in [0.1, 0.15) is 16.8 Å². The third-order valence-electron chi connectivity index (χ3n) is 16.0. The van der Waals surface area contributed by atoms with Crippen LogP contribution in [0.25, 0.3) is 0 Å². The fourth-order valence-corrected chi connectivity index (χ4v) is 10.9. The quantitative estimate of drug-likeness (QED) is 0.102. The number of hydrogen-bond acceptors (Lipinski definition) is 18. The molecule has 83 heavy (non-hydrogen) atoms. The standard InChI is InChI=1S/2C14H17O3.2C13H15O4.C6H9O4.5U/c2*1-2-14-10-16-12(9-17-14)13(14)15-8-11-6-4-3-5-7-11;2*14-8-13-9-16-11(7-17-13)12(13)15-6-10-4-2-1-3-5-10;7-2-6-3-9-4(1-10-6)5(6)8;;;;;/h2*3-7,9,12-13H,2,8,10H2,1H3;2*1-5,7,11-12,14H,6,8-9H2;1,4-5,7-8H,2-3H2;;;;;/q5*-1;;;;;/t2*12-,13?,14+;2*11-,12?,13+;4-,5?,6+;;;;;/m00000...../s1. The van der Waals surface area contributed by atoms with E-state index in [-0.39, 0.29) is 248 Å². The molecule has 0 spiro atoms. The molecule has 14 rings (SSSR count). The van der Waals surface area contributed by atoms with Crippen molar-refractivity contribution >= 4 is 0 Å². The Morgan fingerprint density at radius 2 is 0.590 bits per heavy atom. The summed E-state index contributed by atoms with van der Waals surface area (Å²) in [5.41, 5.74) is 1.83. The number of benzene rings is 4. The van der Waals surface area contributed by atoms with Crippen LogP contribution < -0.4 is 0 Å². The Balaban J connectivity index is 0.000000189. The minimum absolute atomic E-state index is 0. The first-order valence-electron chi connectivity index (χ1n) is 26.9. The zero-order valence-corrected chi connectivity index (χ0v) is 67.4. The molecular weight excluding hydrogens is 2200 g/mol. The SMILES string of the molecule is CC[C@]12CO[C@@H]([CH-]O1)C2OCc1ccccc1.CC[C@]12CO[C@@H]([CH-]O1)C2OCc1ccccc1.OC[C@]12CO[C@@H]([CH-]O1)C2O.OC[C@]12CO[C@@H]([CH-]O1)C2OCc1ccccc1.OC[C@]12CO[C@@H]([CH-]O1)C2OCc1ccccc1.[U].[U].[U].[U].[U]. The van der Waals surface area contributed by atoms with E-state index in [9.17, 15) is 15.3 Å². The van der Waals surface area contributed by atoms with Crippen molar-refractivity contribution in [2.24, 2.45) is 0 Å². The maximum Gasteiger partial charge on any atom is 0.109 e. The van der Waals surface area contributed by atoms with Gasteiger partial charge in [0.05, 0.1) is 121 Å². The summed E-state index contributed by atoms with van der Waals surface area (Å²) in [6, 6.07) is 40.3. The van der Waals surface area contributed by atoms with Crippen LogP contribution in [0.15, 0.2) is 121 Å². The molecule has 0 saturated carbocycles. The van der Waals surface area contributed by atoms with Crippen molar-refractivity contribution in [2.45, 2.75) is 142 Å². The van der Waals surface area contributed by atoms with Gasteiger partial charge in [0.2, 0.25) is 0 Å². The summed E-state index contributed by atoms with van der Waals surface area (Å²) in [6.45, 7) is 16.7. The van der Waals surface area contributed by atoms with E-state index in [1.54, 1.807) is 26.4 Å². The molecule has 10 saturated heterocycles. The van der Waals surface area contributed by atoms with E-state index in [0.29, 0.717) is 52.9 Å². The summed E-state index contributed by atoms with van der Waals surface area (Å²) >= 11 is 0. The molecule has 0 aliphatic carbocycles. The molecule has 0 amide bonds. The number of aliphatic hydroxyl groups is 4. The Morgan fingerprint density at radius 1 is 0.361 bits per heavy atom. The normalized spacial score (nSPS) is 35.3. The Morgan fingerprint density at radius 3 is 0.783 bits per heavy atom. The van der Waals surface area contributed by atoms with Crippen molar-refractivity contribution < 1.29 is 242 Å². The molecule has 0 radical (unpaired) electrons. The van der Waals surface area contributed by atoms with Crippen molar-refractivity contribution in [3.8, 4) is 0 Å². The molecule has 10 fully saturated rings. The van der Waals surface area contributed by atoms with Crippen molar-refractivity contribution in [1.82, 2.24) is 0 Å². The van der Waals surface area contributed by atoms with Crippen LogP contribution in [0, 0.1) is 189 Å². The second-order valence-electron chi connectivity index (χ2n) is 21.0. The van der Waals surface area contributed by atoms with Crippen LogP contribution in [0.5, 0.6) is 0 Å². The minimum atomic E-state index is -0.856. The third kappa shape index (κ3) is 17.4. The Bertz CT molecular complexity index is 2110. The Hall–Kier alpha value is 1.42. The van der Waals surface area contributed by atoms with E-state index in [4.69, 9.17) is 71.4 Å². The second-order valence-corrected chi connectivity index (χ2v) is 21.0. The molecule has 10 aliphatic heterocycles. The summed E-state index contributed by atoms with van der Waals surface area (Å²) in [6.07, 6.45) is 0.110. The minimum Gasteiger partial charge on any atom is -0.541 e. The van der Waals surface area contributed by atoms with Gasteiger partial charge in [-0.25, -0.2) is 0 Å². The first-order chi connectivity index (χ1) is 38.1. The number of hydrogen-bond donors (Lipinski definition) is 4. The maximum atomic E-state index is 9.41. The Labute approximate surface area is 606 Å². The van der Waals surface area contributed by atoms with Gasteiger partial charge in [0, 0.05) is 156 Å². The fourth-order valence-electron chi connectivity index (χ4n) is 10.9. The van der Waals surface area contributed by atoms with Crippen molar-refractivity contribution in [3.05, 3.63) is 177 Å². The molecule has 10 aliphatic rings. The van der Waals surface area contributed by atoms with E-state index >= 15 is 0 Å². The monoisotopic (exact) mass is 2270 g/mol. The number of rotatable bonds is 17. The second kappa shape index (κ2) is 35.5. The molecule has 10 bridgehead atoms. The van der Waals surface area contributed by atoms with E-state index in [1.807, 2.05) is 97.1 Å². The number of ether oxygens (including phenoxy) is 14. The van der Waals surface area contributed by atoms with Gasteiger partial charge in [0.15, 0.2) is 0 Å². The van der Waals surface area contributed by atoms with Crippen LogP contribution in [-0.2, 0) is 92.7 Å². The van der Waals surface area contributed by atoms with E-state index in [0.717, 1.165) is 24.0 Å². The van der Waals surface area contributed by atoms with Gasteiger partial charge >= 0.3 is 0 Å². The van der Waals surface area contributed by atoms with E-state index < -0.39 is 22.9 Å². The zero-order chi connectivity index (χ0) is 54.1. The van der Waals surface area contributed by atoms with Crippen LogP contribution in [-0.4, -0.2) is 162 Å². The van der Waals surface area contributed by atoms with Crippen LogP contribution in [0.1, 0.15) is 48.9 Å². The molecule has 10 heterocycles. The number of aliphatic hydroxyl groups excluding tert-OH is 4. The van der Waals surface area contributed by atoms with Crippen molar-refractivity contribution in [2.75, 3.05) is 52.9 Å². The van der Waals surface area contributed by atoms with Crippen molar-refractivity contribution in [3.63, 3.8) is 0 Å². The van der Waals surface area contributed by atoms with Gasteiger partial charge in [-0.2, -0.15) is 33.0 Å². The predicted octanol–water partition coefficient (Wildman–Crippen LogP) is 5.08. The molecule has 18 nitrogen and oxygen atoms in total. The van der Waals surface area contributed by atoms with Gasteiger partial charge in [-0.3, -0.25) is 0 Å². The summed E-state index contributed by atoms with van der Waals surface area (Å²) in [4.78, 5) is 0. The van der Waals surface area contributed by atoms with E-state index in [1.165, 1.54) is 17.7 Å². The fraction of sp³-hybridized carbons (Fsp3) is 0.517. The third-order valence-corrected chi connectivity index (χ3v) is 16.0. The largest absolute Gasteiger partial charge is 0.541 e.